The van der Waals surface area contributed by atoms with Crippen molar-refractivity contribution in [2.24, 2.45) is 0 Å². The van der Waals surface area contributed by atoms with Crippen LogP contribution in [-0.4, -0.2) is 98.2 Å². The molecule has 0 aliphatic heterocycles. The molecular weight excluding hydrogens is 534 g/mol. The van der Waals surface area contributed by atoms with Gasteiger partial charge in [0.1, 0.15) is 6.61 Å². The van der Waals surface area contributed by atoms with E-state index in [1.165, 1.54) is 13.8 Å². The van der Waals surface area contributed by atoms with Crippen molar-refractivity contribution >= 4 is 41.5 Å². The Morgan fingerprint density at radius 2 is 1.35 bits per heavy atom. The highest BCUT2D eigenvalue weighted by Gasteiger charge is 2.29. The van der Waals surface area contributed by atoms with Gasteiger partial charge in [-0.3, -0.25) is 14.4 Å². The summed E-state index contributed by atoms with van der Waals surface area (Å²) in [7, 11) is 0. The summed E-state index contributed by atoms with van der Waals surface area (Å²) in [5.74, 6) is -6.00. The zero-order valence-corrected chi connectivity index (χ0v) is 22.8. The molecule has 40 heavy (non-hydrogen) atoms. The van der Waals surface area contributed by atoms with Crippen LogP contribution in [0.25, 0.3) is 0 Å². The number of Topliss-reactive ketones (excluding diaryl/α,β-unsaturated/α-hetero) is 1. The van der Waals surface area contributed by atoms with E-state index in [1.807, 2.05) is 5.32 Å². The predicted octanol–water partition coefficient (Wildman–Crippen LogP) is -1.79. The van der Waals surface area contributed by atoms with Crippen LogP contribution in [0.2, 0.25) is 0 Å². The zero-order chi connectivity index (χ0) is 30.7. The molecule has 0 heterocycles. The van der Waals surface area contributed by atoms with Crippen LogP contribution in [0.4, 0.5) is 0 Å². The van der Waals surface area contributed by atoms with Gasteiger partial charge in [-0.1, -0.05) is 13.2 Å². The topological polar surface area (TPSA) is 228 Å². The molecule has 0 bridgehead atoms. The number of quaternary nitrogens is 1. The van der Waals surface area contributed by atoms with Crippen LogP contribution in [0.5, 0.6) is 0 Å². The minimum atomic E-state index is -2.00. The molecule has 0 aromatic rings. The van der Waals surface area contributed by atoms with Crippen LogP contribution < -0.4 is 16.4 Å². The van der Waals surface area contributed by atoms with E-state index >= 15 is 0 Å². The highest BCUT2D eigenvalue weighted by molar-refractivity contribution is 6.02. The second kappa shape index (κ2) is 19.9. The van der Waals surface area contributed by atoms with Gasteiger partial charge in [0.15, 0.2) is 11.8 Å². The van der Waals surface area contributed by atoms with Gasteiger partial charge in [0.2, 0.25) is 11.9 Å². The molecule has 0 saturated heterocycles. The van der Waals surface area contributed by atoms with E-state index in [-0.39, 0.29) is 57.0 Å². The average Bonchev–Trinajstić information content (AvgIpc) is 2.89. The summed E-state index contributed by atoms with van der Waals surface area (Å²) >= 11 is 0. The summed E-state index contributed by atoms with van der Waals surface area (Å²) in [5.41, 5.74) is 4.11. The van der Waals surface area contributed by atoms with Crippen LogP contribution in [-0.2, 0) is 52.5 Å². The van der Waals surface area contributed by atoms with E-state index in [1.54, 1.807) is 0 Å². The third-order valence-electron chi connectivity index (χ3n) is 4.70. The Morgan fingerprint density at radius 3 is 1.88 bits per heavy atom. The molecule has 15 heteroatoms. The van der Waals surface area contributed by atoms with Crippen molar-refractivity contribution in [3.05, 3.63) is 24.3 Å². The zero-order valence-electron chi connectivity index (χ0n) is 22.8. The van der Waals surface area contributed by atoms with Gasteiger partial charge in [-0.2, -0.15) is 0 Å². The summed E-state index contributed by atoms with van der Waals surface area (Å²) in [6.07, 6.45) is -0.266. The molecule has 0 saturated carbocycles. The van der Waals surface area contributed by atoms with Gasteiger partial charge in [-0.25, -0.2) is 19.2 Å². The fourth-order valence-electron chi connectivity index (χ4n) is 2.48. The quantitative estimate of drug-likeness (QED) is 0.0393. The molecule has 224 valence electrons. The first-order valence-corrected chi connectivity index (χ1v) is 12.3. The lowest BCUT2D eigenvalue weighted by Crippen LogP contribution is -2.69. The number of carbonyl (C=O) groups is 7. The second-order valence-corrected chi connectivity index (χ2v) is 8.57. The molecule has 0 spiro atoms. The Balaban J connectivity index is 4.23. The maximum atomic E-state index is 12.0. The number of hydrogen-bond acceptors (Lipinski definition) is 11. The lowest BCUT2D eigenvalue weighted by Gasteiger charge is -2.14. The first-order valence-electron chi connectivity index (χ1n) is 12.3. The molecule has 0 aliphatic carbocycles. The predicted molar refractivity (Wildman–Crippen MR) is 136 cm³/mol. The molecule has 0 aromatic carbocycles. The molecule has 0 rings (SSSR count). The number of nitrogens with one attached hydrogen (secondary N) is 2. The van der Waals surface area contributed by atoms with Gasteiger partial charge in [-0.05, 0) is 13.8 Å². The van der Waals surface area contributed by atoms with Crippen molar-refractivity contribution in [2.45, 2.75) is 51.6 Å². The van der Waals surface area contributed by atoms with Crippen LogP contribution in [0.1, 0.15) is 39.5 Å². The van der Waals surface area contributed by atoms with Gasteiger partial charge < -0.3 is 40.4 Å². The molecule has 2 amide bonds. The van der Waals surface area contributed by atoms with Gasteiger partial charge in [0.05, 0.1) is 33.0 Å². The Morgan fingerprint density at radius 1 is 0.825 bits per heavy atom. The highest BCUT2D eigenvalue weighted by atomic mass is 16.6. The largest absolute Gasteiger partial charge is 0.479 e. The van der Waals surface area contributed by atoms with Gasteiger partial charge in [-0.15, -0.1) is 0 Å². The lowest BCUT2D eigenvalue weighted by molar-refractivity contribution is -0.410. The maximum absolute atomic E-state index is 12.0. The number of esters is 3. The number of ketones is 1. The van der Waals surface area contributed by atoms with E-state index < -0.39 is 66.5 Å². The third-order valence-corrected chi connectivity index (χ3v) is 4.70. The fourth-order valence-corrected chi connectivity index (χ4v) is 2.48. The number of carboxylic acids is 1. The summed E-state index contributed by atoms with van der Waals surface area (Å²) in [4.78, 5) is 81.9. The first kappa shape index (κ1) is 35.9. The van der Waals surface area contributed by atoms with Gasteiger partial charge in [0, 0.05) is 36.8 Å². The van der Waals surface area contributed by atoms with Gasteiger partial charge >= 0.3 is 23.9 Å². The van der Waals surface area contributed by atoms with Crippen molar-refractivity contribution in [1.29, 1.82) is 0 Å². The standard InChI is InChI=1S/C25H37N3O12/c1-15(2)23(34)38-10-5-9-37-14-18(26)21(31)27-13-17(29)7-8-19(30)28-20(22(32)33)25(36)40-12-6-11-39-24(35)16(3)4/h18,20H,1,3,5-14,26H2,2,4H3,(H,27,31)(H,28,30)(H,32,33)/p+1/t18-,20+/m0/s1. The SMILES string of the molecule is C=C(C)C(=O)OCCCOC[C@H]([NH3+])C(=O)NCC(=O)CCC(=O)N[C@H](C(=O)O)C(=O)OCCCOC(=O)C(=C)C. The number of hydrogen-bond donors (Lipinski definition) is 4. The average molecular weight is 573 g/mol. The molecule has 15 nitrogen and oxygen atoms in total. The number of ether oxygens (including phenoxy) is 4. The van der Waals surface area contributed by atoms with Crippen molar-refractivity contribution in [3.63, 3.8) is 0 Å². The molecule has 0 fully saturated rings. The Labute approximate surface area is 231 Å². The fraction of sp³-hybridized carbons (Fsp3) is 0.560. The monoisotopic (exact) mass is 572 g/mol. The number of aliphatic carboxylic acids is 1. The first-order chi connectivity index (χ1) is 18.8. The van der Waals surface area contributed by atoms with E-state index in [2.05, 4.69) is 24.2 Å². The van der Waals surface area contributed by atoms with Crippen LogP contribution in [0, 0.1) is 0 Å². The minimum absolute atomic E-state index is 0.0385. The molecule has 0 aromatic heterocycles. The summed E-state index contributed by atoms with van der Waals surface area (Å²) in [6, 6.07) is -2.82. The summed E-state index contributed by atoms with van der Waals surface area (Å²) < 4.78 is 19.8. The highest BCUT2D eigenvalue weighted by Crippen LogP contribution is 1.99. The summed E-state index contributed by atoms with van der Waals surface area (Å²) in [5, 5.41) is 13.5. The number of rotatable bonds is 21. The lowest BCUT2D eigenvalue weighted by atomic mass is 10.2. The molecular formula is C25H38N3O12+. The van der Waals surface area contributed by atoms with Gasteiger partial charge in [0.25, 0.3) is 5.91 Å². The number of amides is 2. The Bertz CT molecular complexity index is 963. The van der Waals surface area contributed by atoms with E-state index in [0.29, 0.717) is 6.42 Å². The molecule has 0 aliphatic rings. The van der Waals surface area contributed by atoms with Crippen LogP contribution >= 0.6 is 0 Å². The smallest absolute Gasteiger partial charge is 0.340 e. The van der Waals surface area contributed by atoms with Crippen LogP contribution in [0.3, 0.4) is 0 Å². The Hall–Kier alpha value is -4.11. The van der Waals surface area contributed by atoms with Crippen LogP contribution in [0.15, 0.2) is 24.3 Å². The second-order valence-electron chi connectivity index (χ2n) is 8.57. The van der Waals surface area contributed by atoms with E-state index in [4.69, 9.17) is 18.9 Å². The van der Waals surface area contributed by atoms with Crippen molar-refractivity contribution < 1.29 is 63.3 Å². The van der Waals surface area contributed by atoms with Crippen molar-refractivity contribution in [3.8, 4) is 0 Å². The van der Waals surface area contributed by atoms with Crippen molar-refractivity contribution in [2.75, 3.05) is 39.6 Å². The minimum Gasteiger partial charge on any atom is -0.479 e. The number of carbonyl (C=O) groups excluding carboxylic acids is 6. The normalized spacial score (nSPS) is 11.8. The van der Waals surface area contributed by atoms with E-state index in [9.17, 15) is 38.7 Å². The van der Waals surface area contributed by atoms with Crippen molar-refractivity contribution in [1.82, 2.24) is 10.6 Å². The third kappa shape index (κ3) is 16.7. The Kier molecular flexibility index (Phi) is 17.8. The molecule has 2 atom stereocenters. The molecule has 0 unspecified atom stereocenters. The van der Waals surface area contributed by atoms with E-state index in [0.717, 1.165) is 0 Å². The molecule has 6 N–H and O–H groups in total. The maximum Gasteiger partial charge on any atom is 0.340 e. The summed E-state index contributed by atoms with van der Waals surface area (Å²) in [6.45, 7) is 9.41. The number of carboxylic acid groups (broad SMARTS) is 1. The molecule has 0 radical (unpaired) electrons.